The van der Waals surface area contributed by atoms with Gasteiger partial charge in [-0.2, -0.15) is 5.21 Å². The number of benzene rings is 2. The smallest absolute Gasteiger partial charge is 0.231 e. The molecule has 202 valence electrons. The highest BCUT2D eigenvalue weighted by Crippen LogP contribution is 2.27. The van der Waals surface area contributed by atoms with Crippen molar-refractivity contribution in [1.82, 2.24) is 31.3 Å². The van der Waals surface area contributed by atoms with Crippen molar-refractivity contribution in [2.24, 2.45) is 16.6 Å². The fourth-order valence-electron chi connectivity index (χ4n) is 3.91. The zero-order chi connectivity index (χ0) is 27.5. The number of guanidine groups is 1. The first-order valence-electron chi connectivity index (χ1n) is 12.2. The van der Waals surface area contributed by atoms with Crippen LogP contribution in [0.15, 0.2) is 47.5 Å². The highest BCUT2D eigenvalue weighted by atomic mass is 16.5. The molecule has 5 N–H and O–H groups in total. The predicted molar refractivity (Wildman–Crippen MR) is 142 cm³/mol. The lowest BCUT2D eigenvalue weighted by Crippen LogP contribution is -2.39. The molecule has 12 heteroatoms. The summed E-state index contributed by atoms with van der Waals surface area (Å²) in [4.78, 5) is 29.7. The molecule has 12 nitrogen and oxygen atoms in total. The fourth-order valence-corrected chi connectivity index (χ4v) is 3.91. The van der Waals surface area contributed by atoms with E-state index >= 15 is 0 Å². The lowest BCUT2D eigenvalue weighted by atomic mass is 10.0. The quantitative estimate of drug-likeness (QED) is 0.207. The van der Waals surface area contributed by atoms with Crippen LogP contribution in [-0.2, 0) is 22.6 Å². The molecule has 0 aliphatic carbocycles. The number of aliphatic imine (C=N–C) groups is 1. The second-order valence-electron chi connectivity index (χ2n) is 9.13. The Hall–Kier alpha value is -4.48. The van der Waals surface area contributed by atoms with Crippen LogP contribution in [0.2, 0.25) is 0 Å². The van der Waals surface area contributed by atoms with E-state index in [1.165, 1.54) is 7.11 Å². The minimum atomic E-state index is -0.387. The Labute approximate surface area is 221 Å². The maximum Gasteiger partial charge on any atom is 0.231 e. The van der Waals surface area contributed by atoms with Crippen LogP contribution in [0.5, 0.6) is 11.5 Å². The van der Waals surface area contributed by atoms with Crippen molar-refractivity contribution in [3.05, 3.63) is 53.6 Å². The van der Waals surface area contributed by atoms with Crippen molar-refractivity contribution in [3.63, 3.8) is 0 Å². The van der Waals surface area contributed by atoms with Crippen molar-refractivity contribution in [2.75, 3.05) is 14.2 Å². The lowest BCUT2D eigenvalue weighted by molar-refractivity contribution is -0.121. The van der Waals surface area contributed by atoms with Crippen molar-refractivity contribution in [3.8, 4) is 22.9 Å². The highest BCUT2D eigenvalue weighted by Gasteiger charge is 2.17. The monoisotopic (exact) mass is 522 g/mol. The van der Waals surface area contributed by atoms with Crippen LogP contribution in [0.25, 0.3) is 11.4 Å². The number of hydrogen-bond acceptors (Lipinski definition) is 8. The average Bonchev–Trinajstić information content (AvgIpc) is 3.42. The van der Waals surface area contributed by atoms with E-state index in [-0.39, 0.29) is 42.6 Å². The second-order valence-corrected chi connectivity index (χ2v) is 9.13. The molecule has 2 amide bonds. The van der Waals surface area contributed by atoms with Gasteiger partial charge in [0.05, 0.1) is 26.7 Å². The number of hydrogen-bond donors (Lipinski definition) is 4. The molecule has 0 aliphatic rings. The maximum absolute atomic E-state index is 12.7. The number of ether oxygens (including phenoxy) is 2. The zero-order valence-corrected chi connectivity index (χ0v) is 22.0. The number of methoxy groups -OCH3 is 2. The van der Waals surface area contributed by atoms with Crippen LogP contribution in [-0.4, -0.2) is 58.7 Å². The number of carbonyl (C=O) groups is 2. The van der Waals surface area contributed by atoms with Crippen molar-refractivity contribution < 1.29 is 19.1 Å². The molecule has 0 spiro atoms. The Morgan fingerprint density at radius 2 is 1.84 bits per heavy atom. The van der Waals surface area contributed by atoms with E-state index in [0.29, 0.717) is 30.3 Å². The van der Waals surface area contributed by atoms with Gasteiger partial charge in [0.25, 0.3) is 0 Å². The molecular formula is C26H34N8O4. The summed E-state index contributed by atoms with van der Waals surface area (Å²) in [5.41, 5.74) is 8.45. The number of nitrogens with two attached hydrogens (primary N) is 1. The van der Waals surface area contributed by atoms with Gasteiger partial charge in [0.2, 0.25) is 17.6 Å². The summed E-state index contributed by atoms with van der Waals surface area (Å²) in [6.45, 7) is 4.41. The molecule has 1 atom stereocenters. The number of aromatic nitrogens is 4. The summed E-state index contributed by atoms with van der Waals surface area (Å²) in [5.74, 6) is 1.34. The first-order valence-corrected chi connectivity index (χ1v) is 12.2. The topological polar surface area (TPSA) is 169 Å². The minimum Gasteiger partial charge on any atom is -0.493 e. The van der Waals surface area contributed by atoms with Gasteiger partial charge in [0.1, 0.15) is 0 Å². The summed E-state index contributed by atoms with van der Waals surface area (Å²) >= 11 is 0. The molecule has 0 unspecified atom stereocenters. The SMILES string of the molecule is COc1ccc(CC(=O)NC(N)=N[C@@H](CC(=O)NCc2cccc(-c3nn[nH]n3)c2)CC(C)C)cc1OC. The first kappa shape index (κ1) is 28.1. The van der Waals surface area contributed by atoms with E-state index in [4.69, 9.17) is 15.2 Å². The number of H-pyrrole nitrogens is 1. The van der Waals surface area contributed by atoms with Gasteiger partial charge in [-0.05, 0) is 46.9 Å². The van der Waals surface area contributed by atoms with E-state index in [0.717, 1.165) is 16.7 Å². The third-order valence-electron chi connectivity index (χ3n) is 5.59. The largest absolute Gasteiger partial charge is 0.493 e. The molecular weight excluding hydrogens is 488 g/mol. The summed E-state index contributed by atoms with van der Waals surface area (Å²) in [6, 6.07) is 12.4. The molecule has 1 heterocycles. The third-order valence-corrected chi connectivity index (χ3v) is 5.59. The molecule has 0 saturated heterocycles. The number of aromatic amines is 1. The Bertz CT molecular complexity index is 1240. The summed E-state index contributed by atoms with van der Waals surface area (Å²) in [5, 5.41) is 19.5. The number of carbonyl (C=O) groups excluding carboxylic acids is 2. The molecule has 2 aromatic carbocycles. The standard InChI is InChI=1S/C26H34N8O4/c1-16(2)10-20(14-23(35)28-15-18-6-5-7-19(11-18)25-31-33-34-32-25)29-26(27)30-24(36)13-17-8-9-21(37-3)22(12-17)38-4/h5-9,11-12,16,20H,10,13-15H2,1-4H3,(H,28,35)(H3,27,29,30,36)(H,31,32,33,34)/t20-/m1/s1. The number of tetrazole rings is 1. The van der Waals surface area contributed by atoms with E-state index in [1.54, 1.807) is 25.3 Å². The first-order chi connectivity index (χ1) is 18.3. The second kappa shape index (κ2) is 13.7. The van der Waals surface area contributed by atoms with Crippen molar-refractivity contribution in [2.45, 2.75) is 45.7 Å². The lowest BCUT2D eigenvalue weighted by Gasteiger charge is -2.16. The predicted octanol–water partition coefficient (Wildman–Crippen LogP) is 1.98. The van der Waals surface area contributed by atoms with Crippen LogP contribution in [0.3, 0.4) is 0 Å². The van der Waals surface area contributed by atoms with Gasteiger partial charge < -0.3 is 20.5 Å². The normalized spacial score (nSPS) is 12.2. The summed E-state index contributed by atoms with van der Waals surface area (Å²) < 4.78 is 10.5. The Morgan fingerprint density at radius 3 is 2.53 bits per heavy atom. The molecule has 38 heavy (non-hydrogen) atoms. The number of rotatable bonds is 12. The molecule has 1 aromatic heterocycles. The van der Waals surface area contributed by atoms with E-state index in [1.807, 2.05) is 38.1 Å². The fraction of sp³-hybridized carbons (Fsp3) is 0.385. The van der Waals surface area contributed by atoms with Gasteiger partial charge in [0, 0.05) is 18.5 Å². The molecule has 0 bridgehead atoms. The van der Waals surface area contributed by atoms with Gasteiger partial charge in [-0.15, -0.1) is 10.2 Å². The van der Waals surface area contributed by atoms with Gasteiger partial charge in [0.15, 0.2) is 17.5 Å². The van der Waals surface area contributed by atoms with E-state index in [2.05, 4.69) is 36.3 Å². The third kappa shape index (κ3) is 8.57. The molecule has 0 saturated carbocycles. The maximum atomic E-state index is 12.7. The van der Waals surface area contributed by atoms with Crippen LogP contribution in [0.4, 0.5) is 0 Å². The Morgan fingerprint density at radius 1 is 1.05 bits per heavy atom. The van der Waals surface area contributed by atoms with Gasteiger partial charge in [-0.3, -0.25) is 14.9 Å². The molecule has 0 fully saturated rings. The van der Waals surface area contributed by atoms with Crippen LogP contribution >= 0.6 is 0 Å². The molecule has 0 radical (unpaired) electrons. The summed E-state index contributed by atoms with van der Waals surface area (Å²) in [6.07, 6.45) is 0.844. The van der Waals surface area contributed by atoms with Gasteiger partial charge in [-0.25, -0.2) is 4.99 Å². The molecule has 3 rings (SSSR count). The minimum absolute atomic E-state index is 0.0262. The van der Waals surface area contributed by atoms with Gasteiger partial charge in [-0.1, -0.05) is 38.1 Å². The van der Waals surface area contributed by atoms with Crippen LogP contribution < -0.4 is 25.8 Å². The van der Waals surface area contributed by atoms with Gasteiger partial charge >= 0.3 is 0 Å². The Kier molecular flexibility index (Phi) is 10.1. The van der Waals surface area contributed by atoms with Crippen molar-refractivity contribution in [1.29, 1.82) is 0 Å². The highest BCUT2D eigenvalue weighted by molar-refractivity contribution is 5.97. The molecule has 3 aromatic rings. The van der Waals surface area contributed by atoms with E-state index in [9.17, 15) is 9.59 Å². The van der Waals surface area contributed by atoms with Crippen LogP contribution in [0.1, 0.15) is 37.8 Å². The number of amides is 2. The Balaban J connectivity index is 1.56. The molecule has 0 aliphatic heterocycles. The summed E-state index contributed by atoms with van der Waals surface area (Å²) in [7, 11) is 3.08. The van der Waals surface area contributed by atoms with E-state index < -0.39 is 0 Å². The number of nitrogens with zero attached hydrogens (tertiary/aromatic N) is 4. The number of nitrogens with one attached hydrogen (secondary N) is 3. The van der Waals surface area contributed by atoms with Crippen LogP contribution in [0, 0.1) is 5.92 Å². The van der Waals surface area contributed by atoms with Crippen molar-refractivity contribution >= 4 is 17.8 Å². The zero-order valence-electron chi connectivity index (χ0n) is 22.0. The average molecular weight is 523 g/mol.